The van der Waals surface area contributed by atoms with Gasteiger partial charge in [-0.1, -0.05) is 29.8 Å². The first kappa shape index (κ1) is 18.2. The zero-order valence-electron chi connectivity index (χ0n) is 14.1. The van der Waals surface area contributed by atoms with Crippen LogP contribution in [0, 0.1) is 0 Å². The number of anilines is 2. The van der Waals surface area contributed by atoms with Crippen LogP contribution in [0.2, 0.25) is 5.02 Å². The smallest absolute Gasteiger partial charge is 0.262 e. The Bertz CT molecular complexity index is 791. The van der Waals surface area contributed by atoms with Crippen molar-refractivity contribution in [2.75, 3.05) is 43.1 Å². The predicted octanol–water partition coefficient (Wildman–Crippen LogP) is 3.01. The number of morpholine rings is 1. The standard InChI is InChI=1S/C19H19ClN2O4/c20-15-5-3-6-16(19(15)22-8-10-25-11-9-22)21-18(24)13-26-17-7-2-1-4-14(17)12-23/h1-7,12H,8-11,13H2,(H,21,24). The van der Waals surface area contributed by atoms with Crippen LogP contribution < -0.4 is 15.0 Å². The molecule has 1 N–H and O–H groups in total. The van der Waals surface area contributed by atoms with Gasteiger partial charge in [0.25, 0.3) is 5.91 Å². The molecule has 0 spiro atoms. The van der Waals surface area contributed by atoms with E-state index in [4.69, 9.17) is 21.1 Å². The summed E-state index contributed by atoms with van der Waals surface area (Å²) in [4.78, 5) is 25.4. The molecule has 3 rings (SSSR count). The van der Waals surface area contributed by atoms with Gasteiger partial charge in [0.2, 0.25) is 0 Å². The number of aldehydes is 1. The topological polar surface area (TPSA) is 67.9 Å². The number of hydrogen-bond acceptors (Lipinski definition) is 5. The number of halogens is 1. The molecule has 0 unspecified atom stereocenters. The Morgan fingerprint density at radius 3 is 2.73 bits per heavy atom. The average molecular weight is 375 g/mol. The van der Waals surface area contributed by atoms with E-state index >= 15 is 0 Å². The van der Waals surface area contributed by atoms with E-state index in [-0.39, 0.29) is 12.5 Å². The Balaban J connectivity index is 1.69. The van der Waals surface area contributed by atoms with Crippen LogP contribution in [-0.2, 0) is 9.53 Å². The molecule has 2 aromatic rings. The van der Waals surface area contributed by atoms with Gasteiger partial charge in [0.15, 0.2) is 12.9 Å². The lowest BCUT2D eigenvalue weighted by Crippen LogP contribution is -2.37. The van der Waals surface area contributed by atoms with Gasteiger partial charge in [0.05, 0.1) is 35.2 Å². The number of benzene rings is 2. The number of hydrogen-bond donors (Lipinski definition) is 1. The van der Waals surface area contributed by atoms with Crippen LogP contribution in [0.4, 0.5) is 11.4 Å². The second-order valence-corrected chi connectivity index (χ2v) is 6.14. The summed E-state index contributed by atoms with van der Waals surface area (Å²) in [6.45, 7) is 2.43. The quantitative estimate of drug-likeness (QED) is 0.787. The molecule has 1 fully saturated rings. The minimum absolute atomic E-state index is 0.208. The van der Waals surface area contributed by atoms with E-state index in [9.17, 15) is 9.59 Å². The molecular formula is C19H19ClN2O4. The Morgan fingerprint density at radius 1 is 1.19 bits per heavy atom. The minimum atomic E-state index is -0.331. The highest BCUT2D eigenvalue weighted by Gasteiger charge is 2.19. The monoisotopic (exact) mass is 374 g/mol. The second kappa shape index (κ2) is 8.69. The molecule has 0 bridgehead atoms. The van der Waals surface area contributed by atoms with E-state index in [1.54, 1.807) is 42.5 Å². The number of amides is 1. The van der Waals surface area contributed by atoms with Gasteiger partial charge >= 0.3 is 0 Å². The molecule has 0 aliphatic carbocycles. The first-order valence-corrected chi connectivity index (χ1v) is 8.65. The fraction of sp³-hybridized carbons (Fsp3) is 0.263. The number of nitrogens with zero attached hydrogens (tertiary/aromatic N) is 1. The van der Waals surface area contributed by atoms with Crippen molar-refractivity contribution in [2.24, 2.45) is 0 Å². The number of carbonyl (C=O) groups excluding carboxylic acids is 2. The van der Waals surface area contributed by atoms with Crippen LogP contribution in [0.3, 0.4) is 0 Å². The van der Waals surface area contributed by atoms with E-state index in [2.05, 4.69) is 10.2 Å². The average Bonchev–Trinajstić information content (AvgIpc) is 2.67. The molecule has 0 aromatic heterocycles. The molecule has 2 aromatic carbocycles. The third kappa shape index (κ3) is 4.33. The zero-order valence-corrected chi connectivity index (χ0v) is 14.9. The van der Waals surface area contributed by atoms with Crippen LogP contribution in [0.25, 0.3) is 0 Å². The Hall–Kier alpha value is -2.57. The Morgan fingerprint density at radius 2 is 1.96 bits per heavy atom. The van der Waals surface area contributed by atoms with Crippen molar-refractivity contribution in [1.82, 2.24) is 0 Å². The summed E-state index contributed by atoms with van der Waals surface area (Å²) in [6, 6.07) is 12.1. The molecule has 7 heteroatoms. The number of rotatable bonds is 6. The number of ether oxygens (including phenoxy) is 2. The third-order valence-corrected chi connectivity index (χ3v) is 4.30. The fourth-order valence-corrected chi connectivity index (χ4v) is 3.06. The molecule has 0 atom stereocenters. The van der Waals surface area contributed by atoms with Gasteiger partial charge in [0.1, 0.15) is 5.75 Å². The second-order valence-electron chi connectivity index (χ2n) is 5.73. The summed E-state index contributed by atoms with van der Waals surface area (Å²) >= 11 is 6.35. The highest BCUT2D eigenvalue weighted by Crippen LogP contribution is 2.34. The first-order valence-electron chi connectivity index (χ1n) is 8.27. The minimum Gasteiger partial charge on any atom is -0.483 e. The van der Waals surface area contributed by atoms with E-state index in [0.717, 1.165) is 5.69 Å². The SMILES string of the molecule is O=Cc1ccccc1OCC(=O)Nc1cccc(Cl)c1N1CCOCC1. The van der Waals surface area contributed by atoms with E-state index < -0.39 is 0 Å². The first-order chi connectivity index (χ1) is 12.7. The molecule has 136 valence electrons. The summed E-state index contributed by atoms with van der Waals surface area (Å²) < 4.78 is 10.8. The van der Waals surface area contributed by atoms with Crippen molar-refractivity contribution in [3.8, 4) is 5.75 Å². The fourth-order valence-electron chi connectivity index (χ4n) is 2.76. The lowest BCUT2D eigenvalue weighted by Gasteiger charge is -2.31. The number of para-hydroxylation sites is 2. The summed E-state index contributed by atoms with van der Waals surface area (Å²) in [5.41, 5.74) is 1.80. The molecule has 1 heterocycles. The third-order valence-electron chi connectivity index (χ3n) is 3.99. The van der Waals surface area contributed by atoms with Crippen molar-refractivity contribution in [1.29, 1.82) is 0 Å². The highest BCUT2D eigenvalue weighted by atomic mass is 35.5. The van der Waals surface area contributed by atoms with Crippen LogP contribution in [-0.4, -0.2) is 45.1 Å². The maximum atomic E-state index is 12.3. The van der Waals surface area contributed by atoms with Gasteiger partial charge in [-0.2, -0.15) is 0 Å². The van der Waals surface area contributed by atoms with Crippen LogP contribution in [0.15, 0.2) is 42.5 Å². The summed E-state index contributed by atoms with van der Waals surface area (Å²) in [6.07, 6.45) is 0.695. The van der Waals surface area contributed by atoms with Crippen molar-refractivity contribution in [3.63, 3.8) is 0 Å². The lowest BCUT2D eigenvalue weighted by molar-refractivity contribution is -0.118. The molecular weight excluding hydrogens is 356 g/mol. The van der Waals surface area contributed by atoms with Gasteiger partial charge in [0, 0.05) is 13.1 Å². The summed E-state index contributed by atoms with van der Waals surface area (Å²) in [5.74, 6) is 0.0413. The molecule has 1 aliphatic rings. The van der Waals surface area contributed by atoms with Gasteiger partial charge in [-0.05, 0) is 24.3 Å². The molecule has 1 aliphatic heterocycles. The summed E-state index contributed by atoms with van der Waals surface area (Å²) in [7, 11) is 0. The molecule has 0 saturated carbocycles. The highest BCUT2D eigenvalue weighted by molar-refractivity contribution is 6.34. The maximum Gasteiger partial charge on any atom is 0.262 e. The molecule has 1 amide bonds. The van der Waals surface area contributed by atoms with Crippen molar-refractivity contribution < 1.29 is 19.1 Å². The van der Waals surface area contributed by atoms with Gasteiger partial charge in [-0.3, -0.25) is 9.59 Å². The normalized spacial score (nSPS) is 14.0. The maximum absolute atomic E-state index is 12.3. The van der Waals surface area contributed by atoms with E-state index in [1.165, 1.54) is 0 Å². The van der Waals surface area contributed by atoms with E-state index in [1.807, 2.05) is 0 Å². The van der Waals surface area contributed by atoms with Crippen molar-refractivity contribution >= 4 is 35.2 Å². The van der Waals surface area contributed by atoms with Gasteiger partial charge < -0.3 is 19.7 Å². The molecule has 26 heavy (non-hydrogen) atoms. The number of carbonyl (C=O) groups is 2. The lowest BCUT2D eigenvalue weighted by atomic mass is 10.2. The van der Waals surface area contributed by atoms with Crippen LogP contribution >= 0.6 is 11.6 Å². The Labute approximate surface area is 156 Å². The van der Waals surface area contributed by atoms with Gasteiger partial charge in [-0.15, -0.1) is 0 Å². The largest absolute Gasteiger partial charge is 0.483 e. The summed E-state index contributed by atoms with van der Waals surface area (Å²) in [5, 5.41) is 3.40. The molecule has 1 saturated heterocycles. The predicted molar refractivity (Wildman–Crippen MR) is 100 cm³/mol. The Kier molecular flexibility index (Phi) is 6.09. The van der Waals surface area contributed by atoms with Crippen LogP contribution in [0.5, 0.6) is 5.75 Å². The zero-order chi connectivity index (χ0) is 18.4. The van der Waals surface area contributed by atoms with E-state index in [0.29, 0.717) is 54.6 Å². The van der Waals surface area contributed by atoms with Crippen molar-refractivity contribution in [3.05, 3.63) is 53.1 Å². The van der Waals surface area contributed by atoms with Crippen LogP contribution in [0.1, 0.15) is 10.4 Å². The molecule has 6 nitrogen and oxygen atoms in total. The van der Waals surface area contributed by atoms with Crippen molar-refractivity contribution in [2.45, 2.75) is 0 Å². The van der Waals surface area contributed by atoms with Gasteiger partial charge in [-0.25, -0.2) is 0 Å². The molecule has 0 radical (unpaired) electrons. The number of nitrogens with one attached hydrogen (secondary N) is 1.